The van der Waals surface area contributed by atoms with E-state index in [2.05, 4.69) is 20.5 Å². The van der Waals surface area contributed by atoms with Crippen LogP contribution in [0.5, 0.6) is 0 Å². The van der Waals surface area contributed by atoms with Gasteiger partial charge in [-0.1, -0.05) is 32.0 Å². The number of nitrogens with one attached hydrogen (secondary N) is 1. The van der Waals surface area contributed by atoms with Gasteiger partial charge in [0.05, 0.1) is 17.8 Å². The molecule has 0 aliphatic carbocycles. The van der Waals surface area contributed by atoms with Gasteiger partial charge in [0.2, 0.25) is 5.91 Å². The SMILES string of the molecule is Cc1nc([C@@H](N)C(C)C)n(CC(=O)NCCCn2ncc3ccccc32)n1. The summed E-state index contributed by atoms with van der Waals surface area (Å²) in [7, 11) is 0. The van der Waals surface area contributed by atoms with Crippen LogP contribution in [0.1, 0.15) is 38.0 Å². The van der Waals surface area contributed by atoms with E-state index < -0.39 is 0 Å². The van der Waals surface area contributed by atoms with E-state index in [-0.39, 0.29) is 24.4 Å². The van der Waals surface area contributed by atoms with E-state index in [1.54, 1.807) is 11.6 Å². The molecule has 2 aromatic heterocycles. The minimum absolute atomic E-state index is 0.0950. The van der Waals surface area contributed by atoms with Crippen molar-refractivity contribution >= 4 is 16.8 Å². The van der Waals surface area contributed by atoms with Crippen molar-refractivity contribution in [3.05, 3.63) is 42.1 Å². The van der Waals surface area contributed by atoms with Crippen LogP contribution in [-0.4, -0.2) is 37.0 Å². The summed E-state index contributed by atoms with van der Waals surface area (Å²) in [6, 6.07) is 7.85. The zero-order valence-electron chi connectivity index (χ0n) is 16.1. The van der Waals surface area contributed by atoms with E-state index in [4.69, 9.17) is 5.73 Å². The van der Waals surface area contributed by atoms with Gasteiger partial charge >= 0.3 is 0 Å². The van der Waals surface area contributed by atoms with Crippen LogP contribution >= 0.6 is 0 Å². The van der Waals surface area contributed by atoms with E-state index in [0.717, 1.165) is 23.9 Å². The molecule has 1 atom stereocenters. The summed E-state index contributed by atoms with van der Waals surface area (Å²) in [5.74, 6) is 1.40. The maximum Gasteiger partial charge on any atom is 0.241 e. The first-order chi connectivity index (χ1) is 13.0. The number of nitrogens with two attached hydrogens (primary N) is 1. The Balaban J connectivity index is 1.50. The first kappa shape index (κ1) is 19.0. The fourth-order valence-electron chi connectivity index (χ4n) is 2.99. The Morgan fingerprint density at radius 1 is 1.26 bits per heavy atom. The Morgan fingerprint density at radius 2 is 2.04 bits per heavy atom. The fraction of sp³-hybridized carbons (Fsp3) is 0.474. The summed E-state index contributed by atoms with van der Waals surface area (Å²) in [4.78, 5) is 16.7. The van der Waals surface area contributed by atoms with Crippen LogP contribution in [0.2, 0.25) is 0 Å². The molecule has 8 heteroatoms. The van der Waals surface area contributed by atoms with Crippen LogP contribution in [0.3, 0.4) is 0 Å². The first-order valence-corrected chi connectivity index (χ1v) is 9.30. The molecule has 0 saturated heterocycles. The number of carbonyl (C=O) groups excluding carboxylic acids is 1. The maximum atomic E-state index is 12.3. The summed E-state index contributed by atoms with van der Waals surface area (Å²) >= 11 is 0. The van der Waals surface area contributed by atoms with Gasteiger partial charge in [-0.2, -0.15) is 10.2 Å². The fourth-order valence-corrected chi connectivity index (χ4v) is 2.99. The lowest BCUT2D eigenvalue weighted by molar-refractivity contribution is -0.121. The van der Waals surface area contributed by atoms with Crippen molar-refractivity contribution in [1.29, 1.82) is 0 Å². The van der Waals surface area contributed by atoms with Gasteiger partial charge in [-0.05, 0) is 25.3 Å². The highest BCUT2D eigenvalue weighted by Crippen LogP contribution is 2.17. The van der Waals surface area contributed by atoms with Gasteiger partial charge in [-0.15, -0.1) is 0 Å². The van der Waals surface area contributed by atoms with Gasteiger partial charge in [0.25, 0.3) is 0 Å². The lowest BCUT2D eigenvalue weighted by Crippen LogP contribution is -2.31. The third-order valence-electron chi connectivity index (χ3n) is 4.54. The topological polar surface area (TPSA) is 104 Å². The monoisotopic (exact) mass is 369 g/mol. The third-order valence-corrected chi connectivity index (χ3v) is 4.54. The van der Waals surface area contributed by atoms with Crippen LogP contribution in [0.4, 0.5) is 0 Å². The standard InChI is InChI=1S/C19H27N7O/c1-13(2)18(20)19-23-14(3)24-26(19)12-17(27)21-9-6-10-25-16-8-5-4-7-15(16)11-22-25/h4-5,7-8,11,13,18H,6,9-10,12,20H2,1-3H3,(H,21,27)/t18-/m0/s1. The number of amides is 1. The van der Waals surface area contributed by atoms with Gasteiger partial charge in [-0.3, -0.25) is 9.48 Å². The van der Waals surface area contributed by atoms with Crippen molar-refractivity contribution in [3.63, 3.8) is 0 Å². The minimum Gasteiger partial charge on any atom is -0.354 e. The molecule has 8 nitrogen and oxygen atoms in total. The second kappa shape index (κ2) is 8.30. The van der Waals surface area contributed by atoms with Crippen LogP contribution in [0.25, 0.3) is 10.9 Å². The average molecular weight is 369 g/mol. The Kier molecular flexibility index (Phi) is 5.85. The second-order valence-corrected chi connectivity index (χ2v) is 7.07. The number of aryl methyl sites for hydroxylation is 2. The number of hydrogen-bond donors (Lipinski definition) is 2. The van der Waals surface area contributed by atoms with Crippen molar-refractivity contribution in [2.24, 2.45) is 11.7 Å². The Bertz CT molecular complexity index is 912. The van der Waals surface area contributed by atoms with Crippen LogP contribution in [0, 0.1) is 12.8 Å². The molecular formula is C19H27N7O. The Hall–Kier alpha value is -2.74. The largest absolute Gasteiger partial charge is 0.354 e. The molecule has 1 aromatic carbocycles. The van der Waals surface area contributed by atoms with E-state index in [1.807, 2.05) is 49.0 Å². The molecule has 0 bridgehead atoms. The molecule has 0 aliphatic heterocycles. The summed E-state index contributed by atoms with van der Waals surface area (Å²) in [5, 5.41) is 12.8. The molecule has 3 rings (SSSR count). The highest BCUT2D eigenvalue weighted by atomic mass is 16.2. The molecule has 0 unspecified atom stereocenters. The number of hydrogen-bond acceptors (Lipinski definition) is 5. The molecule has 1 amide bonds. The summed E-state index contributed by atoms with van der Waals surface area (Å²) in [6.45, 7) is 7.31. The number of aromatic nitrogens is 5. The maximum absolute atomic E-state index is 12.3. The molecular weight excluding hydrogens is 342 g/mol. The number of rotatable bonds is 8. The summed E-state index contributed by atoms with van der Waals surface area (Å²) < 4.78 is 3.57. The van der Waals surface area contributed by atoms with Gasteiger partial charge < -0.3 is 11.1 Å². The lowest BCUT2D eigenvalue weighted by Gasteiger charge is -2.15. The Morgan fingerprint density at radius 3 is 2.81 bits per heavy atom. The van der Waals surface area contributed by atoms with E-state index in [0.29, 0.717) is 18.2 Å². The van der Waals surface area contributed by atoms with E-state index >= 15 is 0 Å². The number of nitrogens with zero attached hydrogens (tertiary/aromatic N) is 5. The van der Waals surface area contributed by atoms with E-state index in [1.165, 1.54) is 0 Å². The zero-order chi connectivity index (χ0) is 19.4. The molecule has 27 heavy (non-hydrogen) atoms. The van der Waals surface area contributed by atoms with Gasteiger partial charge in [0, 0.05) is 18.5 Å². The minimum atomic E-state index is -0.243. The molecule has 2 heterocycles. The highest BCUT2D eigenvalue weighted by molar-refractivity contribution is 5.78. The number of benzene rings is 1. The van der Waals surface area contributed by atoms with Gasteiger partial charge in [0.15, 0.2) is 0 Å². The van der Waals surface area contributed by atoms with Crippen LogP contribution in [-0.2, 0) is 17.9 Å². The normalized spacial score (nSPS) is 12.6. The summed E-state index contributed by atoms with van der Waals surface area (Å²) in [5.41, 5.74) is 7.29. The smallest absolute Gasteiger partial charge is 0.241 e. The molecule has 0 radical (unpaired) electrons. The molecule has 0 saturated carbocycles. The molecule has 144 valence electrons. The van der Waals surface area contributed by atoms with Gasteiger partial charge in [-0.25, -0.2) is 9.67 Å². The molecule has 3 N–H and O–H groups in total. The quantitative estimate of drug-likeness (QED) is 0.589. The lowest BCUT2D eigenvalue weighted by atomic mass is 10.1. The summed E-state index contributed by atoms with van der Waals surface area (Å²) in [6.07, 6.45) is 2.66. The van der Waals surface area contributed by atoms with Crippen molar-refractivity contribution in [1.82, 2.24) is 29.9 Å². The molecule has 0 fully saturated rings. The zero-order valence-corrected chi connectivity index (χ0v) is 16.1. The molecule has 0 aliphatic rings. The van der Waals surface area contributed by atoms with Crippen molar-refractivity contribution in [3.8, 4) is 0 Å². The molecule has 3 aromatic rings. The number of carbonyl (C=O) groups is 1. The van der Waals surface area contributed by atoms with Crippen LogP contribution in [0.15, 0.2) is 30.5 Å². The predicted molar refractivity (Wildman–Crippen MR) is 104 cm³/mol. The predicted octanol–water partition coefficient (Wildman–Crippen LogP) is 1.80. The van der Waals surface area contributed by atoms with Gasteiger partial charge in [0.1, 0.15) is 18.2 Å². The number of fused-ring (bicyclic) bond motifs is 1. The Labute approximate surface area is 158 Å². The molecule has 0 spiro atoms. The first-order valence-electron chi connectivity index (χ1n) is 9.30. The average Bonchev–Trinajstić information content (AvgIpc) is 3.21. The van der Waals surface area contributed by atoms with Crippen molar-refractivity contribution in [2.75, 3.05) is 6.54 Å². The van der Waals surface area contributed by atoms with E-state index in [9.17, 15) is 4.79 Å². The van der Waals surface area contributed by atoms with Crippen molar-refractivity contribution < 1.29 is 4.79 Å². The third kappa shape index (κ3) is 4.51. The van der Waals surface area contributed by atoms with Crippen LogP contribution < -0.4 is 11.1 Å². The second-order valence-electron chi connectivity index (χ2n) is 7.07. The van der Waals surface area contributed by atoms with Crippen molar-refractivity contribution in [2.45, 2.75) is 46.3 Å². The number of para-hydroxylation sites is 1. The highest BCUT2D eigenvalue weighted by Gasteiger charge is 2.19.